The number of hydrogen-bond acceptors (Lipinski definition) is 10. The average Bonchev–Trinajstić information content (AvgIpc) is 3.40. The Morgan fingerprint density at radius 1 is 1.25 bits per heavy atom. The third kappa shape index (κ3) is 7.05. The highest BCUT2D eigenvalue weighted by Crippen LogP contribution is 2.44. The summed E-state index contributed by atoms with van der Waals surface area (Å²) in [5.74, 6) is -1.59. The number of rotatable bonds is 12. The van der Waals surface area contributed by atoms with Crippen LogP contribution in [-0.4, -0.2) is 68.1 Å². The van der Waals surface area contributed by atoms with E-state index in [9.17, 15) is 27.4 Å². The van der Waals surface area contributed by atoms with E-state index in [0.29, 0.717) is 11.5 Å². The normalized spacial score (nSPS) is 16.4. The Bertz CT molecular complexity index is 1760. The Morgan fingerprint density at radius 3 is 2.64 bits per heavy atom. The fourth-order valence-corrected chi connectivity index (χ4v) is 7.06. The number of fused-ring (bicyclic) bond motifs is 1. The number of nitrogens with one attached hydrogen (secondary N) is 1. The van der Waals surface area contributed by atoms with Crippen LogP contribution in [0.3, 0.4) is 0 Å². The lowest BCUT2D eigenvalue weighted by Gasteiger charge is -2.28. The highest BCUT2D eigenvalue weighted by atomic mass is 32.2. The first-order valence-corrected chi connectivity index (χ1v) is 17.9. The Kier molecular flexibility index (Phi) is 8.75. The summed E-state index contributed by atoms with van der Waals surface area (Å²) in [5, 5.41) is 1.10. The zero-order valence-electron chi connectivity index (χ0n) is 23.8. The van der Waals surface area contributed by atoms with Gasteiger partial charge in [0, 0.05) is 42.4 Å². The van der Waals surface area contributed by atoms with Gasteiger partial charge in [0.25, 0.3) is 5.91 Å². The summed E-state index contributed by atoms with van der Waals surface area (Å²) >= 11 is 1.62. The van der Waals surface area contributed by atoms with Crippen LogP contribution in [0.5, 0.6) is 5.75 Å². The molecule has 2 amide bonds. The molecule has 2 aromatic heterocycles. The van der Waals surface area contributed by atoms with Crippen LogP contribution >= 0.6 is 19.2 Å². The van der Waals surface area contributed by atoms with Crippen LogP contribution in [0.2, 0.25) is 0 Å². The van der Waals surface area contributed by atoms with Crippen molar-refractivity contribution in [3.8, 4) is 16.2 Å². The molecule has 3 heterocycles. The van der Waals surface area contributed by atoms with Crippen molar-refractivity contribution in [2.75, 3.05) is 12.8 Å². The van der Waals surface area contributed by atoms with E-state index < -0.39 is 34.3 Å². The van der Waals surface area contributed by atoms with Crippen LogP contribution in [0, 0.1) is 0 Å². The number of aromatic nitrogens is 2. The van der Waals surface area contributed by atoms with Gasteiger partial charge < -0.3 is 14.3 Å². The lowest BCUT2D eigenvalue weighted by molar-refractivity contribution is -0.159. The summed E-state index contributed by atoms with van der Waals surface area (Å²) in [7, 11) is -8.87. The van der Waals surface area contributed by atoms with Crippen LogP contribution < -0.4 is 10.0 Å². The summed E-state index contributed by atoms with van der Waals surface area (Å²) < 4.78 is 40.7. The smallest absolute Gasteiger partial charge is 0.404 e. The molecule has 5 rings (SSSR count). The van der Waals surface area contributed by atoms with Gasteiger partial charge in [-0.05, 0) is 50.3 Å². The lowest BCUT2D eigenvalue weighted by Crippen LogP contribution is -2.52. The van der Waals surface area contributed by atoms with E-state index in [0.717, 1.165) is 40.2 Å². The molecule has 17 heteroatoms. The standard InChI is InChI=1S/C27H31N4O10PS2/c1-27(44(2,38)39,25(33)29-40-23(32)10-9-17-5-3-4-6-21(17)41-42(35,36)37)11-12-30-16-20-13-19(15-31(20)26(30)34)22-14-28-24(43-22)18-7-8-18/h3-6,13-15,18H,7-12,16H2,1-2H3,(H,29,33)(H2,35,36,37). The van der Waals surface area contributed by atoms with Gasteiger partial charge in [-0.1, -0.05) is 18.2 Å². The molecule has 0 radical (unpaired) electrons. The second-order valence-corrected chi connectivity index (χ2v) is 15.7. The van der Waals surface area contributed by atoms with Gasteiger partial charge in [0.05, 0.1) is 22.9 Å². The van der Waals surface area contributed by atoms with E-state index >= 15 is 0 Å². The Hall–Kier alpha value is -3.56. The minimum absolute atomic E-state index is 0.0432. The maximum atomic E-state index is 13.1. The highest BCUT2D eigenvalue weighted by Gasteiger charge is 2.45. The van der Waals surface area contributed by atoms with Crippen LogP contribution in [0.15, 0.2) is 42.7 Å². The third-order valence-electron chi connectivity index (χ3n) is 7.67. The van der Waals surface area contributed by atoms with Gasteiger partial charge in [-0.25, -0.2) is 27.6 Å². The van der Waals surface area contributed by atoms with E-state index in [4.69, 9.17) is 14.6 Å². The Balaban J connectivity index is 1.16. The topological polar surface area (TPSA) is 194 Å². The summed E-state index contributed by atoms with van der Waals surface area (Å²) in [6.45, 7) is 1.38. The van der Waals surface area contributed by atoms with E-state index in [-0.39, 0.29) is 44.1 Å². The Labute approximate surface area is 257 Å². The first-order valence-electron chi connectivity index (χ1n) is 13.6. The van der Waals surface area contributed by atoms with Gasteiger partial charge in [0.15, 0.2) is 14.6 Å². The number of benzene rings is 1. The number of hydroxylamine groups is 1. The maximum absolute atomic E-state index is 13.1. The zero-order valence-corrected chi connectivity index (χ0v) is 26.4. The van der Waals surface area contributed by atoms with Gasteiger partial charge in [0.1, 0.15) is 5.75 Å². The number of carbonyl (C=O) groups is 3. The number of nitrogens with zero attached hydrogens (tertiary/aromatic N) is 3. The molecule has 0 bridgehead atoms. The second-order valence-electron chi connectivity index (χ2n) is 11.0. The van der Waals surface area contributed by atoms with Crippen molar-refractivity contribution in [2.45, 2.75) is 56.2 Å². The van der Waals surface area contributed by atoms with Crippen molar-refractivity contribution in [3.63, 3.8) is 0 Å². The molecule has 1 unspecified atom stereocenters. The first-order chi connectivity index (χ1) is 20.6. The minimum Gasteiger partial charge on any atom is -0.404 e. The largest absolute Gasteiger partial charge is 0.524 e. The van der Waals surface area contributed by atoms with Crippen molar-refractivity contribution >= 4 is 46.9 Å². The highest BCUT2D eigenvalue weighted by molar-refractivity contribution is 7.92. The molecule has 0 spiro atoms. The maximum Gasteiger partial charge on any atom is 0.524 e. The molecule has 1 aromatic carbocycles. The van der Waals surface area contributed by atoms with Crippen molar-refractivity contribution in [1.29, 1.82) is 0 Å². The van der Waals surface area contributed by atoms with Gasteiger partial charge in [-0.3, -0.25) is 19.1 Å². The van der Waals surface area contributed by atoms with E-state index in [2.05, 4.69) is 9.51 Å². The quantitative estimate of drug-likeness (QED) is 0.190. The second kappa shape index (κ2) is 12.1. The number of phosphoric acid groups is 1. The number of hydrogen-bond donors (Lipinski definition) is 3. The molecule has 14 nitrogen and oxygen atoms in total. The fraction of sp³-hybridized carbons (Fsp3) is 0.407. The Morgan fingerprint density at radius 2 is 1.98 bits per heavy atom. The molecular formula is C27H31N4O10PS2. The van der Waals surface area contributed by atoms with Gasteiger partial charge in [-0.15, -0.1) is 11.3 Å². The van der Waals surface area contributed by atoms with Crippen LogP contribution in [0.25, 0.3) is 10.4 Å². The number of carbonyl (C=O) groups excluding carboxylic acids is 3. The molecule has 1 aliphatic carbocycles. The summed E-state index contributed by atoms with van der Waals surface area (Å²) in [6.07, 6.45) is 6.11. The number of aryl methyl sites for hydroxylation is 1. The van der Waals surface area contributed by atoms with Gasteiger partial charge >= 0.3 is 19.8 Å². The predicted molar refractivity (Wildman–Crippen MR) is 158 cm³/mol. The molecular weight excluding hydrogens is 635 g/mol. The summed E-state index contributed by atoms with van der Waals surface area (Å²) in [5.41, 5.74) is 3.85. The van der Waals surface area contributed by atoms with Crippen molar-refractivity contribution in [1.82, 2.24) is 19.9 Å². The van der Waals surface area contributed by atoms with Crippen LogP contribution in [-0.2, 0) is 41.8 Å². The predicted octanol–water partition coefficient (Wildman–Crippen LogP) is 3.14. The molecule has 44 heavy (non-hydrogen) atoms. The van der Waals surface area contributed by atoms with Crippen molar-refractivity contribution < 1.29 is 46.5 Å². The fourth-order valence-electron chi connectivity index (χ4n) is 4.72. The van der Waals surface area contributed by atoms with Crippen LogP contribution in [0.4, 0.5) is 4.79 Å². The molecule has 3 N–H and O–H groups in total. The number of phosphoric ester groups is 1. The molecule has 1 atom stereocenters. The number of thiazole rings is 1. The SMILES string of the molecule is CC(CCN1Cc2cc(-c3cnc(C4CC4)s3)cn2C1=O)(C(=O)NOC(=O)CCc1ccccc1OP(=O)(O)O)S(C)(=O)=O. The van der Waals surface area contributed by atoms with Crippen molar-refractivity contribution in [2.24, 2.45) is 0 Å². The first kappa shape index (κ1) is 31.9. The molecule has 3 aromatic rings. The molecule has 1 saturated carbocycles. The number of amides is 2. The molecule has 1 aliphatic heterocycles. The summed E-state index contributed by atoms with van der Waals surface area (Å²) in [4.78, 5) is 68.3. The zero-order chi connectivity index (χ0) is 31.9. The molecule has 0 saturated heterocycles. The molecule has 2 aliphatic rings. The minimum atomic E-state index is -4.83. The van der Waals surface area contributed by atoms with Gasteiger partial charge in [0.2, 0.25) is 0 Å². The third-order valence-corrected chi connectivity index (χ3v) is 11.3. The number of para-hydroxylation sites is 1. The number of sulfone groups is 1. The van der Waals surface area contributed by atoms with Gasteiger partial charge in [-0.2, -0.15) is 5.48 Å². The monoisotopic (exact) mass is 666 g/mol. The van der Waals surface area contributed by atoms with Crippen LogP contribution in [0.1, 0.15) is 54.8 Å². The van der Waals surface area contributed by atoms with Crippen molar-refractivity contribution in [3.05, 3.63) is 59.0 Å². The van der Waals surface area contributed by atoms with E-state index in [1.165, 1.54) is 34.6 Å². The lowest BCUT2D eigenvalue weighted by atomic mass is 10.1. The average molecular weight is 667 g/mol. The molecule has 236 valence electrons. The van der Waals surface area contributed by atoms with E-state index in [1.54, 1.807) is 23.6 Å². The molecule has 1 fully saturated rings. The summed E-state index contributed by atoms with van der Waals surface area (Å²) in [6, 6.07) is 7.46. The van der Waals surface area contributed by atoms with E-state index in [1.807, 2.05) is 17.7 Å².